The summed E-state index contributed by atoms with van der Waals surface area (Å²) in [7, 11) is 0. The van der Waals surface area contributed by atoms with Crippen LogP contribution in [0.3, 0.4) is 0 Å². The molecule has 0 amide bonds. The van der Waals surface area contributed by atoms with Crippen LogP contribution in [0.1, 0.15) is 37.6 Å². The summed E-state index contributed by atoms with van der Waals surface area (Å²) in [4.78, 5) is 0. The molecule has 0 aliphatic carbocycles. The Balaban J connectivity index is 2.06. The number of aromatic nitrogens is 1. The minimum atomic E-state index is 0.115. The van der Waals surface area contributed by atoms with Crippen LogP contribution in [-0.4, -0.2) is 10.1 Å². The monoisotopic (exact) mass is 267 g/mol. The summed E-state index contributed by atoms with van der Waals surface area (Å²) in [5.74, 6) is 0. The van der Waals surface area contributed by atoms with Gasteiger partial charge in [0.15, 0.2) is 0 Å². The molecule has 3 heteroatoms. The predicted molar refractivity (Wildman–Crippen MR) is 81.3 cm³/mol. The van der Waals surface area contributed by atoms with E-state index < -0.39 is 0 Å². The Morgan fingerprint density at radius 2 is 1.85 bits per heavy atom. The Kier molecular flexibility index (Phi) is 4.26. The quantitative estimate of drug-likeness (QED) is 0.923. The van der Waals surface area contributed by atoms with Gasteiger partial charge in [-0.15, -0.1) is 0 Å². The highest BCUT2D eigenvalue weighted by atomic mass is 15.0. The number of nitriles is 1. The first-order valence-electron chi connectivity index (χ1n) is 6.86. The van der Waals surface area contributed by atoms with Crippen molar-refractivity contribution in [3.05, 3.63) is 59.4 Å². The van der Waals surface area contributed by atoms with Gasteiger partial charge in [-0.2, -0.15) is 5.26 Å². The highest BCUT2D eigenvalue weighted by Crippen LogP contribution is 2.10. The molecule has 0 aliphatic heterocycles. The second kappa shape index (κ2) is 5.94. The van der Waals surface area contributed by atoms with Crippen LogP contribution in [0.15, 0.2) is 42.6 Å². The lowest BCUT2D eigenvalue weighted by Gasteiger charge is -2.21. The van der Waals surface area contributed by atoms with E-state index in [0.29, 0.717) is 5.56 Å². The Labute approximate surface area is 120 Å². The topological polar surface area (TPSA) is 40.8 Å². The molecule has 20 heavy (non-hydrogen) atoms. The van der Waals surface area contributed by atoms with Gasteiger partial charge in [-0.3, -0.25) is 0 Å². The van der Waals surface area contributed by atoms with Crippen molar-refractivity contribution in [3.63, 3.8) is 0 Å². The Morgan fingerprint density at radius 3 is 2.45 bits per heavy atom. The van der Waals surface area contributed by atoms with Crippen LogP contribution in [0, 0.1) is 11.3 Å². The van der Waals surface area contributed by atoms with Crippen molar-refractivity contribution in [1.29, 1.82) is 5.26 Å². The normalized spacial score (nSPS) is 11.3. The van der Waals surface area contributed by atoms with Crippen LogP contribution in [0.2, 0.25) is 0 Å². The molecule has 3 nitrogen and oxygen atoms in total. The average Bonchev–Trinajstić information content (AvgIpc) is 2.84. The second-order valence-corrected chi connectivity index (χ2v) is 6.04. The maximum absolute atomic E-state index is 8.81. The lowest BCUT2D eigenvalue weighted by atomic mass is 10.1. The predicted octanol–water partition coefficient (Wildman–Crippen LogP) is 3.30. The van der Waals surface area contributed by atoms with Crippen molar-refractivity contribution in [2.75, 3.05) is 0 Å². The number of hydrogen-bond donors (Lipinski definition) is 1. The molecule has 1 aromatic heterocycles. The SMILES string of the molecule is CC(C)(C)NCc1cccn1Cc1ccc(C#N)cc1. The molecule has 0 aliphatic rings. The molecule has 1 aromatic carbocycles. The fourth-order valence-corrected chi connectivity index (χ4v) is 2.00. The van der Waals surface area contributed by atoms with Crippen LogP contribution in [-0.2, 0) is 13.1 Å². The molecule has 1 heterocycles. The number of benzene rings is 1. The first kappa shape index (κ1) is 14.4. The van der Waals surface area contributed by atoms with Crippen molar-refractivity contribution < 1.29 is 0 Å². The van der Waals surface area contributed by atoms with Gasteiger partial charge in [0.2, 0.25) is 0 Å². The highest BCUT2D eigenvalue weighted by Gasteiger charge is 2.10. The van der Waals surface area contributed by atoms with Gasteiger partial charge in [-0.05, 0) is 50.6 Å². The van der Waals surface area contributed by atoms with E-state index in [1.165, 1.54) is 11.3 Å². The zero-order chi connectivity index (χ0) is 14.6. The molecule has 0 saturated carbocycles. The molecule has 0 unspecified atom stereocenters. The molecule has 0 spiro atoms. The molecule has 1 N–H and O–H groups in total. The molecular formula is C17H21N3. The summed E-state index contributed by atoms with van der Waals surface area (Å²) in [6, 6.07) is 14.1. The molecule has 0 atom stereocenters. The summed E-state index contributed by atoms with van der Waals surface area (Å²) in [6.07, 6.45) is 2.10. The van der Waals surface area contributed by atoms with E-state index in [2.05, 4.69) is 55.1 Å². The first-order chi connectivity index (χ1) is 9.48. The number of nitrogens with one attached hydrogen (secondary N) is 1. The van der Waals surface area contributed by atoms with Crippen molar-refractivity contribution in [3.8, 4) is 6.07 Å². The smallest absolute Gasteiger partial charge is 0.0991 e. The lowest BCUT2D eigenvalue weighted by Crippen LogP contribution is -2.35. The van der Waals surface area contributed by atoms with Crippen molar-refractivity contribution >= 4 is 0 Å². The van der Waals surface area contributed by atoms with Crippen molar-refractivity contribution in [2.45, 2.75) is 39.4 Å². The van der Waals surface area contributed by atoms with E-state index in [1.54, 1.807) is 0 Å². The third kappa shape index (κ3) is 3.97. The first-order valence-corrected chi connectivity index (χ1v) is 6.86. The van der Waals surface area contributed by atoms with Crippen LogP contribution >= 0.6 is 0 Å². The zero-order valence-corrected chi connectivity index (χ0v) is 12.4. The maximum Gasteiger partial charge on any atom is 0.0991 e. The Hall–Kier alpha value is -2.05. The molecule has 0 radical (unpaired) electrons. The van der Waals surface area contributed by atoms with Crippen molar-refractivity contribution in [2.24, 2.45) is 0 Å². The van der Waals surface area contributed by atoms with Crippen LogP contribution < -0.4 is 5.32 Å². The van der Waals surface area contributed by atoms with E-state index >= 15 is 0 Å². The van der Waals surface area contributed by atoms with E-state index in [1.807, 2.05) is 24.3 Å². The summed E-state index contributed by atoms with van der Waals surface area (Å²) < 4.78 is 2.24. The fraction of sp³-hybridized carbons (Fsp3) is 0.353. The summed E-state index contributed by atoms with van der Waals surface area (Å²) >= 11 is 0. The fourth-order valence-electron chi connectivity index (χ4n) is 2.00. The Morgan fingerprint density at radius 1 is 1.15 bits per heavy atom. The van der Waals surface area contributed by atoms with Gasteiger partial charge in [-0.1, -0.05) is 12.1 Å². The van der Waals surface area contributed by atoms with E-state index in [-0.39, 0.29) is 5.54 Å². The summed E-state index contributed by atoms with van der Waals surface area (Å²) in [6.45, 7) is 8.19. The van der Waals surface area contributed by atoms with Gasteiger partial charge in [0.05, 0.1) is 11.6 Å². The zero-order valence-electron chi connectivity index (χ0n) is 12.4. The van der Waals surface area contributed by atoms with Crippen LogP contribution in [0.25, 0.3) is 0 Å². The number of rotatable bonds is 4. The third-order valence-electron chi connectivity index (χ3n) is 3.16. The largest absolute Gasteiger partial charge is 0.346 e. The van der Waals surface area contributed by atoms with E-state index in [0.717, 1.165) is 13.1 Å². The molecule has 2 rings (SSSR count). The number of hydrogen-bond acceptors (Lipinski definition) is 2. The minimum absolute atomic E-state index is 0.115. The second-order valence-electron chi connectivity index (χ2n) is 6.04. The van der Waals surface area contributed by atoms with Crippen LogP contribution in [0.5, 0.6) is 0 Å². The van der Waals surface area contributed by atoms with Crippen LogP contribution in [0.4, 0.5) is 0 Å². The Bertz CT molecular complexity index is 594. The van der Waals surface area contributed by atoms with E-state index in [4.69, 9.17) is 5.26 Å². The summed E-state index contributed by atoms with van der Waals surface area (Å²) in [5, 5.41) is 12.3. The van der Waals surface area contributed by atoms with Crippen molar-refractivity contribution in [1.82, 2.24) is 9.88 Å². The highest BCUT2D eigenvalue weighted by molar-refractivity contribution is 5.31. The summed E-state index contributed by atoms with van der Waals surface area (Å²) in [5.41, 5.74) is 3.29. The molecule has 104 valence electrons. The third-order valence-corrected chi connectivity index (χ3v) is 3.16. The van der Waals surface area contributed by atoms with Gasteiger partial charge in [0.25, 0.3) is 0 Å². The van der Waals surface area contributed by atoms with Gasteiger partial charge >= 0.3 is 0 Å². The standard InChI is InChI=1S/C17H21N3/c1-17(2,3)19-12-16-5-4-10-20(16)13-15-8-6-14(11-18)7-9-15/h4-10,19H,12-13H2,1-3H3. The molecule has 2 aromatic rings. The molecule has 0 saturated heterocycles. The van der Waals surface area contributed by atoms with Gasteiger partial charge in [-0.25, -0.2) is 0 Å². The average molecular weight is 267 g/mol. The van der Waals surface area contributed by atoms with Gasteiger partial charge in [0.1, 0.15) is 0 Å². The lowest BCUT2D eigenvalue weighted by molar-refractivity contribution is 0.417. The maximum atomic E-state index is 8.81. The molecule has 0 fully saturated rings. The van der Waals surface area contributed by atoms with Gasteiger partial charge < -0.3 is 9.88 Å². The minimum Gasteiger partial charge on any atom is -0.346 e. The molecular weight excluding hydrogens is 246 g/mol. The number of nitrogens with zero attached hydrogens (tertiary/aromatic N) is 2. The molecule has 0 bridgehead atoms. The van der Waals surface area contributed by atoms with Gasteiger partial charge in [0, 0.05) is 30.5 Å². The van der Waals surface area contributed by atoms with E-state index in [9.17, 15) is 0 Å².